The molecular weight excluding hydrogens is 174 g/mol. The Kier molecular flexibility index (Phi) is 2.90. The summed E-state index contributed by atoms with van der Waals surface area (Å²) < 4.78 is 24.6. The van der Waals surface area contributed by atoms with E-state index in [4.69, 9.17) is 0 Å². The molecule has 0 unspecified atom stereocenters. The van der Waals surface area contributed by atoms with E-state index in [1.165, 1.54) is 6.07 Å². The van der Waals surface area contributed by atoms with Gasteiger partial charge in [-0.25, -0.2) is 18.7 Å². The molecule has 0 aromatic carbocycles. The van der Waals surface area contributed by atoms with Gasteiger partial charge in [0.1, 0.15) is 11.5 Å². The van der Waals surface area contributed by atoms with Crippen LogP contribution in [-0.4, -0.2) is 9.97 Å². The summed E-state index contributed by atoms with van der Waals surface area (Å²) in [6, 6.07) is 1.36. The number of hydrogen-bond donors (Lipinski definition) is 0. The first-order chi connectivity index (χ1) is 6.00. The van der Waals surface area contributed by atoms with Crippen molar-refractivity contribution in [2.24, 2.45) is 0 Å². The molecule has 0 bridgehead atoms. The molecule has 0 aliphatic rings. The molecule has 0 atom stereocenters. The lowest BCUT2D eigenvalue weighted by Crippen LogP contribution is -2.01. The van der Waals surface area contributed by atoms with E-state index in [0.717, 1.165) is 0 Å². The van der Waals surface area contributed by atoms with Crippen molar-refractivity contribution in [3.05, 3.63) is 23.3 Å². The van der Waals surface area contributed by atoms with Gasteiger partial charge in [-0.05, 0) is 18.9 Å². The van der Waals surface area contributed by atoms with Crippen molar-refractivity contribution in [2.45, 2.75) is 33.1 Å². The molecule has 0 N–H and O–H groups in total. The molecule has 72 valence electrons. The summed E-state index contributed by atoms with van der Waals surface area (Å²) in [6.07, 6.45) is -2.51. The van der Waals surface area contributed by atoms with Crippen molar-refractivity contribution >= 4 is 0 Å². The normalized spacial score (nSPS) is 11.3. The first-order valence-electron chi connectivity index (χ1n) is 4.14. The number of alkyl halides is 2. The molecule has 13 heavy (non-hydrogen) atoms. The lowest BCUT2D eigenvalue weighted by Gasteiger charge is -2.07. The second-order valence-electron chi connectivity index (χ2n) is 3.22. The van der Waals surface area contributed by atoms with E-state index in [0.29, 0.717) is 11.5 Å². The fourth-order valence-corrected chi connectivity index (χ4v) is 1.02. The van der Waals surface area contributed by atoms with Gasteiger partial charge in [0.25, 0.3) is 6.43 Å². The third kappa shape index (κ3) is 2.44. The van der Waals surface area contributed by atoms with Crippen LogP contribution in [-0.2, 0) is 0 Å². The van der Waals surface area contributed by atoms with E-state index in [1.54, 1.807) is 6.92 Å². The second-order valence-corrected chi connectivity index (χ2v) is 3.22. The summed E-state index contributed by atoms with van der Waals surface area (Å²) in [7, 11) is 0. The quantitative estimate of drug-likeness (QED) is 0.709. The maximum absolute atomic E-state index is 12.3. The second kappa shape index (κ2) is 3.77. The van der Waals surface area contributed by atoms with Crippen molar-refractivity contribution in [3.63, 3.8) is 0 Å². The first-order valence-corrected chi connectivity index (χ1v) is 4.14. The fourth-order valence-electron chi connectivity index (χ4n) is 1.02. The monoisotopic (exact) mass is 186 g/mol. The van der Waals surface area contributed by atoms with Crippen molar-refractivity contribution < 1.29 is 8.78 Å². The van der Waals surface area contributed by atoms with Gasteiger partial charge >= 0.3 is 0 Å². The van der Waals surface area contributed by atoms with Gasteiger partial charge in [-0.2, -0.15) is 0 Å². The summed E-state index contributed by atoms with van der Waals surface area (Å²) in [5.41, 5.74) is 0.485. The zero-order valence-electron chi connectivity index (χ0n) is 7.88. The van der Waals surface area contributed by atoms with Crippen molar-refractivity contribution in [1.29, 1.82) is 0 Å². The molecule has 1 heterocycles. The molecule has 0 spiro atoms. The molecule has 0 radical (unpaired) electrons. The summed E-state index contributed by atoms with van der Waals surface area (Å²) in [6.45, 7) is 5.45. The Bertz CT molecular complexity index is 271. The molecule has 0 fully saturated rings. The van der Waals surface area contributed by atoms with Gasteiger partial charge in [0.2, 0.25) is 0 Å². The van der Waals surface area contributed by atoms with Crippen molar-refractivity contribution in [3.8, 4) is 0 Å². The smallest absolute Gasteiger partial charge is 0.238 e. The zero-order chi connectivity index (χ0) is 10.0. The van der Waals surface area contributed by atoms with Crippen molar-refractivity contribution in [2.75, 3.05) is 0 Å². The maximum Gasteiger partial charge on any atom is 0.280 e. The minimum absolute atomic E-state index is 0.152. The number of hydrogen-bond acceptors (Lipinski definition) is 2. The SMILES string of the molecule is Cc1nc(C(C)C)cc(C(F)F)n1. The van der Waals surface area contributed by atoms with Gasteiger partial charge < -0.3 is 0 Å². The van der Waals surface area contributed by atoms with E-state index < -0.39 is 6.43 Å². The van der Waals surface area contributed by atoms with Crippen LogP contribution >= 0.6 is 0 Å². The van der Waals surface area contributed by atoms with E-state index in [2.05, 4.69) is 9.97 Å². The number of nitrogens with zero attached hydrogens (tertiary/aromatic N) is 2. The van der Waals surface area contributed by atoms with E-state index in [9.17, 15) is 8.78 Å². The maximum atomic E-state index is 12.3. The van der Waals surface area contributed by atoms with Gasteiger partial charge in [-0.15, -0.1) is 0 Å². The standard InChI is InChI=1S/C9H12F2N2/c1-5(2)7-4-8(9(10)11)13-6(3)12-7/h4-5,9H,1-3H3. The molecule has 0 amide bonds. The Morgan fingerprint density at radius 1 is 1.15 bits per heavy atom. The predicted molar refractivity (Wildman–Crippen MR) is 45.8 cm³/mol. The first kappa shape index (κ1) is 10.0. The lowest BCUT2D eigenvalue weighted by atomic mass is 10.1. The molecule has 0 saturated carbocycles. The van der Waals surface area contributed by atoms with Crippen LogP contribution < -0.4 is 0 Å². The summed E-state index contributed by atoms with van der Waals surface area (Å²) in [5.74, 6) is 0.556. The molecule has 2 nitrogen and oxygen atoms in total. The Labute approximate surface area is 76.0 Å². The number of aromatic nitrogens is 2. The van der Waals surface area contributed by atoms with Crippen LogP contribution in [0.5, 0.6) is 0 Å². The lowest BCUT2D eigenvalue weighted by molar-refractivity contribution is 0.145. The zero-order valence-corrected chi connectivity index (χ0v) is 7.88. The number of halogens is 2. The average Bonchev–Trinajstić information content (AvgIpc) is 2.03. The van der Waals surface area contributed by atoms with Crippen LogP contribution in [0.4, 0.5) is 8.78 Å². The van der Waals surface area contributed by atoms with Crippen molar-refractivity contribution in [1.82, 2.24) is 9.97 Å². The Morgan fingerprint density at radius 3 is 2.15 bits per heavy atom. The Morgan fingerprint density at radius 2 is 1.69 bits per heavy atom. The van der Waals surface area contributed by atoms with Crippen LogP contribution in [0.25, 0.3) is 0 Å². The summed E-state index contributed by atoms with van der Waals surface area (Å²) in [4.78, 5) is 7.73. The largest absolute Gasteiger partial charge is 0.280 e. The molecule has 0 aliphatic heterocycles. The van der Waals surface area contributed by atoms with Gasteiger partial charge in [0.15, 0.2) is 0 Å². The van der Waals surface area contributed by atoms with Crippen LogP contribution in [0, 0.1) is 6.92 Å². The minimum Gasteiger partial charge on any atom is -0.238 e. The topological polar surface area (TPSA) is 25.8 Å². The molecule has 1 aromatic rings. The summed E-state index contributed by atoms with van der Waals surface area (Å²) >= 11 is 0. The van der Waals surface area contributed by atoms with Gasteiger partial charge in [-0.1, -0.05) is 13.8 Å². The molecule has 1 rings (SSSR count). The minimum atomic E-state index is -2.51. The highest BCUT2D eigenvalue weighted by molar-refractivity contribution is 5.14. The Balaban J connectivity index is 3.11. The van der Waals surface area contributed by atoms with E-state index in [-0.39, 0.29) is 11.6 Å². The molecule has 0 saturated heterocycles. The molecule has 1 aromatic heterocycles. The van der Waals surface area contributed by atoms with E-state index >= 15 is 0 Å². The summed E-state index contributed by atoms with van der Waals surface area (Å²) in [5, 5.41) is 0. The van der Waals surface area contributed by atoms with Crippen LogP contribution in [0.3, 0.4) is 0 Å². The predicted octanol–water partition coefficient (Wildman–Crippen LogP) is 2.85. The van der Waals surface area contributed by atoms with Crippen LogP contribution in [0.1, 0.15) is 43.4 Å². The average molecular weight is 186 g/mol. The van der Waals surface area contributed by atoms with Gasteiger partial charge in [-0.3, -0.25) is 0 Å². The van der Waals surface area contributed by atoms with E-state index in [1.807, 2.05) is 13.8 Å². The highest BCUT2D eigenvalue weighted by Crippen LogP contribution is 2.20. The molecule has 4 heteroatoms. The highest BCUT2D eigenvalue weighted by Gasteiger charge is 2.12. The highest BCUT2D eigenvalue weighted by atomic mass is 19.3. The van der Waals surface area contributed by atoms with Crippen LogP contribution in [0.15, 0.2) is 6.07 Å². The van der Waals surface area contributed by atoms with Crippen LogP contribution in [0.2, 0.25) is 0 Å². The fraction of sp³-hybridized carbons (Fsp3) is 0.556. The third-order valence-electron chi connectivity index (χ3n) is 1.69. The molecular formula is C9H12F2N2. The Hall–Kier alpha value is -1.06. The van der Waals surface area contributed by atoms with Gasteiger partial charge in [0, 0.05) is 5.69 Å². The number of aryl methyl sites for hydroxylation is 1. The number of rotatable bonds is 2. The third-order valence-corrected chi connectivity index (χ3v) is 1.69. The molecule has 0 aliphatic carbocycles. The van der Waals surface area contributed by atoms with Gasteiger partial charge in [0.05, 0.1) is 0 Å².